The molecule has 5 heteroatoms. The average Bonchev–Trinajstić information content (AvgIpc) is 2.50. The normalized spacial score (nSPS) is 11.8. The summed E-state index contributed by atoms with van der Waals surface area (Å²) in [5, 5.41) is 6.75. The average molecular weight is 433 g/mol. The number of nitrogens with zero attached hydrogens (tertiary/aromatic N) is 1. The number of nitrogens with one attached hydrogen (secondary N) is 2. The molecule has 0 atom stereocenters. The molecule has 0 fully saturated rings. The van der Waals surface area contributed by atoms with E-state index in [0.717, 1.165) is 38.7 Å². The van der Waals surface area contributed by atoms with Crippen LogP contribution >= 0.6 is 24.0 Å². The quantitative estimate of drug-likeness (QED) is 0.286. The molecule has 0 aliphatic heterocycles. The van der Waals surface area contributed by atoms with Crippen molar-refractivity contribution in [1.29, 1.82) is 0 Å². The lowest BCUT2D eigenvalue weighted by Crippen LogP contribution is -2.44. The van der Waals surface area contributed by atoms with Gasteiger partial charge in [0.05, 0.1) is 0 Å². The van der Waals surface area contributed by atoms with Crippen molar-refractivity contribution in [2.24, 2.45) is 4.99 Å². The molecule has 0 radical (unpaired) electrons. The van der Waals surface area contributed by atoms with Gasteiger partial charge >= 0.3 is 0 Å². The summed E-state index contributed by atoms with van der Waals surface area (Å²) in [6, 6.07) is 8.55. The number of hydrogen-bond acceptors (Lipinski definition) is 2. The van der Waals surface area contributed by atoms with Gasteiger partial charge in [0, 0.05) is 38.8 Å². The Morgan fingerprint density at radius 3 is 2.52 bits per heavy atom. The van der Waals surface area contributed by atoms with E-state index in [2.05, 4.69) is 60.7 Å². The summed E-state index contributed by atoms with van der Waals surface area (Å²) in [5.41, 5.74) is 2.75. The predicted molar refractivity (Wildman–Crippen MR) is 110 cm³/mol. The summed E-state index contributed by atoms with van der Waals surface area (Å²) in [6.07, 6.45) is 0.982. The summed E-state index contributed by atoms with van der Waals surface area (Å²) in [7, 11) is 1.80. The molecule has 0 aromatic heterocycles. The lowest BCUT2D eigenvalue weighted by atomic mass is 9.82. The van der Waals surface area contributed by atoms with E-state index in [1.54, 1.807) is 7.05 Å². The first-order valence-electron chi connectivity index (χ1n) is 8.09. The molecule has 132 valence electrons. The van der Waals surface area contributed by atoms with Gasteiger partial charge in [0.1, 0.15) is 0 Å². The van der Waals surface area contributed by atoms with Crippen LogP contribution in [0.25, 0.3) is 0 Å². The molecular formula is C18H32IN3O. The van der Waals surface area contributed by atoms with Gasteiger partial charge in [-0.3, -0.25) is 4.99 Å². The molecule has 0 heterocycles. The third-order valence-corrected chi connectivity index (χ3v) is 3.76. The molecule has 1 rings (SSSR count). The molecule has 0 amide bonds. The van der Waals surface area contributed by atoms with E-state index in [9.17, 15) is 0 Å². The molecule has 0 bridgehead atoms. The monoisotopic (exact) mass is 433 g/mol. The Labute approximate surface area is 158 Å². The molecule has 23 heavy (non-hydrogen) atoms. The van der Waals surface area contributed by atoms with Crippen LogP contribution in [0.3, 0.4) is 0 Å². The molecule has 0 spiro atoms. The molecule has 1 aromatic carbocycles. The Hall–Kier alpha value is -0.820. The fraction of sp³-hybridized carbons (Fsp3) is 0.611. The van der Waals surface area contributed by atoms with Crippen LogP contribution in [0.15, 0.2) is 29.3 Å². The number of rotatable bonds is 8. The van der Waals surface area contributed by atoms with E-state index >= 15 is 0 Å². The Balaban J connectivity index is 0.00000484. The molecule has 4 nitrogen and oxygen atoms in total. The van der Waals surface area contributed by atoms with Crippen molar-refractivity contribution < 1.29 is 4.74 Å². The van der Waals surface area contributed by atoms with Gasteiger partial charge in [0.2, 0.25) is 0 Å². The number of halogens is 1. The van der Waals surface area contributed by atoms with Crippen molar-refractivity contribution in [1.82, 2.24) is 10.6 Å². The van der Waals surface area contributed by atoms with Gasteiger partial charge in [-0.25, -0.2) is 0 Å². The van der Waals surface area contributed by atoms with Crippen molar-refractivity contribution in [3.8, 4) is 0 Å². The van der Waals surface area contributed by atoms with E-state index in [1.807, 2.05) is 6.92 Å². The van der Waals surface area contributed by atoms with Crippen LogP contribution in [0.5, 0.6) is 0 Å². The third kappa shape index (κ3) is 8.01. The van der Waals surface area contributed by atoms with Crippen LogP contribution in [0.1, 0.15) is 38.3 Å². The smallest absolute Gasteiger partial charge is 0.191 e. The van der Waals surface area contributed by atoms with Gasteiger partial charge in [-0.2, -0.15) is 0 Å². The van der Waals surface area contributed by atoms with Crippen LogP contribution in [-0.4, -0.2) is 39.3 Å². The summed E-state index contributed by atoms with van der Waals surface area (Å²) in [4.78, 5) is 4.28. The minimum Gasteiger partial charge on any atom is -0.382 e. The fourth-order valence-electron chi connectivity index (χ4n) is 2.48. The lowest BCUT2D eigenvalue weighted by molar-refractivity contribution is 0.145. The van der Waals surface area contributed by atoms with Crippen molar-refractivity contribution >= 4 is 29.9 Å². The zero-order valence-electron chi connectivity index (χ0n) is 15.1. The van der Waals surface area contributed by atoms with Gasteiger partial charge < -0.3 is 15.4 Å². The highest BCUT2D eigenvalue weighted by Crippen LogP contribution is 2.25. The zero-order chi connectivity index (χ0) is 16.4. The largest absolute Gasteiger partial charge is 0.382 e. The van der Waals surface area contributed by atoms with Gasteiger partial charge in [0.25, 0.3) is 0 Å². The maximum atomic E-state index is 5.33. The second-order valence-corrected chi connectivity index (χ2v) is 6.10. The lowest BCUT2D eigenvalue weighted by Gasteiger charge is -2.28. The van der Waals surface area contributed by atoms with E-state index in [-0.39, 0.29) is 29.4 Å². The minimum atomic E-state index is 0. The zero-order valence-corrected chi connectivity index (χ0v) is 17.4. The Morgan fingerprint density at radius 2 is 1.91 bits per heavy atom. The van der Waals surface area contributed by atoms with Crippen LogP contribution < -0.4 is 10.6 Å². The molecule has 0 aliphatic carbocycles. The number of guanidine groups is 1. The van der Waals surface area contributed by atoms with E-state index in [4.69, 9.17) is 4.74 Å². The number of aliphatic imine (C=N–C) groups is 1. The van der Waals surface area contributed by atoms with Gasteiger partial charge in [0.15, 0.2) is 5.96 Å². The van der Waals surface area contributed by atoms with Crippen molar-refractivity contribution in [2.45, 2.75) is 39.5 Å². The highest BCUT2D eigenvalue weighted by molar-refractivity contribution is 14.0. The predicted octanol–water partition coefficient (Wildman–Crippen LogP) is 3.48. The summed E-state index contributed by atoms with van der Waals surface area (Å²) in [6.45, 7) is 12.0. The second-order valence-electron chi connectivity index (χ2n) is 6.10. The van der Waals surface area contributed by atoms with Gasteiger partial charge in [-0.15, -0.1) is 24.0 Å². The van der Waals surface area contributed by atoms with Crippen LogP contribution in [0, 0.1) is 6.92 Å². The molecule has 0 saturated carbocycles. The molecule has 1 aromatic rings. The van der Waals surface area contributed by atoms with Crippen LogP contribution in [-0.2, 0) is 10.2 Å². The van der Waals surface area contributed by atoms with Crippen molar-refractivity contribution in [2.75, 3.05) is 33.4 Å². The van der Waals surface area contributed by atoms with E-state index in [0.29, 0.717) is 0 Å². The highest BCUT2D eigenvalue weighted by atomic mass is 127. The summed E-state index contributed by atoms with van der Waals surface area (Å²) in [5.74, 6) is 0.846. The van der Waals surface area contributed by atoms with E-state index < -0.39 is 0 Å². The van der Waals surface area contributed by atoms with Crippen LogP contribution in [0.2, 0.25) is 0 Å². The number of benzene rings is 1. The minimum absolute atomic E-state index is 0. The standard InChI is InChI=1S/C18H31N3O.HI/c1-6-22-13-9-12-20-17(19-5)21-14-18(3,4)16-11-8-7-10-15(16)2;/h7-8,10-11H,6,9,12-14H2,1-5H3,(H2,19,20,21);1H. The molecular weight excluding hydrogens is 401 g/mol. The van der Waals surface area contributed by atoms with E-state index in [1.165, 1.54) is 11.1 Å². The van der Waals surface area contributed by atoms with Crippen LogP contribution in [0.4, 0.5) is 0 Å². The Morgan fingerprint density at radius 1 is 1.22 bits per heavy atom. The number of ether oxygens (including phenoxy) is 1. The molecule has 0 saturated heterocycles. The maximum Gasteiger partial charge on any atom is 0.191 e. The number of aryl methyl sites for hydroxylation is 1. The van der Waals surface area contributed by atoms with Gasteiger partial charge in [-0.1, -0.05) is 38.1 Å². The summed E-state index contributed by atoms with van der Waals surface area (Å²) >= 11 is 0. The van der Waals surface area contributed by atoms with Crippen molar-refractivity contribution in [3.63, 3.8) is 0 Å². The molecule has 2 N–H and O–H groups in total. The topological polar surface area (TPSA) is 45.6 Å². The first-order chi connectivity index (χ1) is 10.5. The summed E-state index contributed by atoms with van der Waals surface area (Å²) < 4.78 is 5.33. The molecule has 0 unspecified atom stereocenters. The highest BCUT2D eigenvalue weighted by Gasteiger charge is 2.22. The SMILES string of the molecule is CCOCCCNC(=NC)NCC(C)(C)c1ccccc1C.I. The Kier molecular flexibility index (Phi) is 11.3. The Bertz CT molecular complexity index is 475. The first kappa shape index (κ1) is 22.2. The third-order valence-electron chi connectivity index (χ3n) is 3.76. The fourth-order valence-corrected chi connectivity index (χ4v) is 2.48. The maximum absolute atomic E-state index is 5.33. The molecule has 0 aliphatic rings. The second kappa shape index (κ2) is 11.7. The number of hydrogen-bond donors (Lipinski definition) is 2. The van der Waals surface area contributed by atoms with Gasteiger partial charge in [-0.05, 0) is 31.4 Å². The first-order valence-corrected chi connectivity index (χ1v) is 8.09. The van der Waals surface area contributed by atoms with Crippen molar-refractivity contribution in [3.05, 3.63) is 35.4 Å².